The summed E-state index contributed by atoms with van der Waals surface area (Å²) in [6.45, 7) is 1.37. The van der Waals surface area contributed by atoms with E-state index in [0.29, 0.717) is 37.0 Å². The van der Waals surface area contributed by atoms with Crippen LogP contribution in [0.15, 0.2) is 47.4 Å². The molecule has 1 aliphatic heterocycles. The van der Waals surface area contributed by atoms with E-state index in [9.17, 15) is 13.2 Å². The summed E-state index contributed by atoms with van der Waals surface area (Å²) in [5.74, 6) is 0.526. The van der Waals surface area contributed by atoms with Crippen molar-refractivity contribution in [2.75, 3.05) is 45.3 Å². The first-order valence-electron chi connectivity index (χ1n) is 9.37. The first-order valence-corrected chi connectivity index (χ1v) is 11.6. The van der Waals surface area contributed by atoms with Crippen molar-refractivity contribution >= 4 is 42.5 Å². The topological polar surface area (TPSA) is 97.8 Å². The van der Waals surface area contributed by atoms with E-state index in [4.69, 9.17) is 9.47 Å². The fraction of sp³-hybridized carbons (Fsp3) is 0.300. The Morgan fingerprint density at radius 3 is 2.80 bits per heavy atom. The van der Waals surface area contributed by atoms with Gasteiger partial charge in [-0.1, -0.05) is 23.5 Å². The van der Waals surface area contributed by atoms with Gasteiger partial charge in [-0.2, -0.15) is 4.31 Å². The SMILES string of the molecule is COc1ccc2nc(NCC(=O)c3cccc(S(=O)(=O)N4CCOCC4)c3)sc2c1. The van der Waals surface area contributed by atoms with Crippen LogP contribution in [0.5, 0.6) is 5.75 Å². The number of nitrogens with zero attached hydrogens (tertiary/aromatic N) is 2. The Bertz CT molecular complexity index is 1170. The maximum absolute atomic E-state index is 12.8. The van der Waals surface area contributed by atoms with Crippen molar-refractivity contribution in [3.8, 4) is 5.75 Å². The number of carbonyl (C=O) groups excluding carboxylic acids is 1. The number of ketones is 1. The number of anilines is 1. The van der Waals surface area contributed by atoms with Gasteiger partial charge in [-0.25, -0.2) is 13.4 Å². The van der Waals surface area contributed by atoms with E-state index in [2.05, 4.69) is 10.3 Å². The number of hydrogen-bond donors (Lipinski definition) is 1. The van der Waals surface area contributed by atoms with E-state index in [1.807, 2.05) is 18.2 Å². The zero-order valence-corrected chi connectivity index (χ0v) is 18.0. The Morgan fingerprint density at radius 2 is 2.03 bits per heavy atom. The molecule has 8 nitrogen and oxygen atoms in total. The summed E-state index contributed by atoms with van der Waals surface area (Å²) in [5, 5.41) is 3.65. The van der Waals surface area contributed by atoms with Gasteiger partial charge >= 0.3 is 0 Å². The van der Waals surface area contributed by atoms with Crippen molar-refractivity contribution in [2.45, 2.75) is 4.90 Å². The smallest absolute Gasteiger partial charge is 0.243 e. The number of hydrogen-bond acceptors (Lipinski definition) is 8. The summed E-state index contributed by atoms with van der Waals surface area (Å²) in [4.78, 5) is 17.2. The highest BCUT2D eigenvalue weighted by atomic mass is 32.2. The molecule has 1 saturated heterocycles. The fourth-order valence-electron chi connectivity index (χ4n) is 3.13. The normalized spacial score (nSPS) is 15.2. The van der Waals surface area contributed by atoms with Crippen LogP contribution >= 0.6 is 11.3 Å². The number of benzene rings is 2. The van der Waals surface area contributed by atoms with Gasteiger partial charge in [0.25, 0.3) is 0 Å². The number of nitrogens with one attached hydrogen (secondary N) is 1. The average molecular weight is 448 g/mol. The minimum Gasteiger partial charge on any atom is -0.497 e. The van der Waals surface area contributed by atoms with Crippen molar-refractivity contribution < 1.29 is 22.7 Å². The lowest BCUT2D eigenvalue weighted by atomic mass is 10.1. The summed E-state index contributed by atoms with van der Waals surface area (Å²) in [5.41, 5.74) is 1.15. The highest BCUT2D eigenvalue weighted by molar-refractivity contribution is 7.89. The molecule has 0 bridgehead atoms. The zero-order valence-electron chi connectivity index (χ0n) is 16.3. The Morgan fingerprint density at radius 1 is 1.23 bits per heavy atom. The van der Waals surface area contributed by atoms with E-state index < -0.39 is 10.0 Å². The molecule has 10 heteroatoms. The number of morpholine rings is 1. The van der Waals surface area contributed by atoms with Gasteiger partial charge in [-0.05, 0) is 30.3 Å². The maximum Gasteiger partial charge on any atom is 0.243 e. The number of sulfonamides is 1. The van der Waals surface area contributed by atoms with Gasteiger partial charge in [-0.15, -0.1) is 0 Å². The minimum atomic E-state index is -3.65. The van der Waals surface area contributed by atoms with Gasteiger partial charge in [0.2, 0.25) is 10.0 Å². The molecule has 0 amide bonds. The van der Waals surface area contributed by atoms with Crippen LogP contribution in [0.3, 0.4) is 0 Å². The van der Waals surface area contributed by atoms with Crippen LogP contribution in [-0.2, 0) is 14.8 Å². The number of aromatic nitrogens is 1. The van der Waals surface area contributed by atoms with Crippen molar-refractivity contribution in [3.05, 3.63) is 48.0 Å². The van der Waals surface area contributed by atoms with Crippen LogP contribution in [0.2, 0.25) is 0 Å². The molecule has 0 saturated carbocycles. The van der Waals surface area contributed by atoms with Gasteiger partial charge in [0.1, 0.15) is 5.75 Å². The molecule has 158 valence electrons. The zero-order chi connectivity index (χ0) is 21.1. The predicted octanol–water partition coefficient (Wildman–Crippen LogP) is 2.62. The van der Waals surface area contributed by atoms with E-state index >= 15 is 0 Å². The second-order valence-electron chi connectivity index (χ2n) is 6.67. The molecule has 0 spiro atoms. The van der Waals surface area contributed by atoms with Crippen LogP contribution in [0.25, 0.3) is 10.2 Å². The molecule has 30 heavy (non-hydrogen) atoms. The second kappa shape index (κ2) is 8.68. The van der Waals surface area contributed by atoms with E-state index in [0.717, 1.165) is 16.0 Å². The summed E-state index contributed by atoms with van der Waals surface area (Å²) >= 11 is 1.42. The first kappa shape index (κ1) is 20.7. The molecule has 1 fully saturated rings. The number of ether oxygens (including phenoxy) is 2. The number of Topliss-reactive ketones (excluding diaryl/α,β-unsaturated/α-hetero) is 1. The molecule has 2 aromatic carbocycles. The van der Waals surface area contributed by atoms with Crippen LogP contribution in [0.4, 0.5) is 5.13 Å². The molecule has 3 aromatic rings. The molecule has 0 aliphatic carbocycles. The van der Waals surface area contributed by atoms with Gasteiger partial charge in [0.05, 0.1) is 42.0 Å². The number of thiazole rings is 1. The van der Waals surface area contributed by atoms with E-state index in [-0.39, 0.29) is 17.2 Å². The lowest BCUT2D eigenvalue weighted by Gasteiger charge is -2.26. The third-order valence-electron chi connectivity index (χ3n) is 4.76. The van der Waals surface area contributed by atoms with Gasteiger partial charge in [0, 0.05) is 18.7 Å². The van der Waals surface area contributed by atoms with Crippen molar-refractivity contribution in [1.82, 2.24) is 9.29 Å². The van der Waals surface area contributed by atoms with Crippen molar-refractivity contribution in [1.29, 1.82) is 0 Å². The van der Waals surface area contributed by atoms with Gasteiger partial charge in [0.15, 0.2) is 10.9 Å². The number of carbonyl (C=O) groups is 1. The molecule has 0 atom stereocenters. The lowest BCUT2D eigenvalue weighted by molar-refractivity contribution is 0.0730. The maximum atomic E-state index is 12.8. The van der Waals surface area contributed by atoms with Crippen LogP contribution in [-0.4, -0.2) is 63.4 Å². The Labute approximate surface area is 178 Å². The van der Waals surface area contributed by atoms with E-state index in [1.54, 1.807) is 19.2 Å². The summed E-state index contributed by atoms with van der Waals surface area (Å²) in [6, 6.07) is 11.7. The number of fused-ring (bicyclic) bond motifs is 1. The van der Waals surface area contributed by atoms with Crippen molar-refractivity contribution in [2.24, 2.45) is 0 Å². The minimum absolute atomic E-state index is 0.0119. The number of methoxy groups -OCH3 is 1. The number of rotatable bonds is 7. The summed E-state index contributed by atoms with van der Waals surface area (Å²) < 4.78 is 38.4. The van der Waals surface area contributed by atoms with Crippen molar-refractivity contribution in [3.63, 3.8) is 0 Å². The third kappa shape index (κ3) is 4.31. The van der Waals surface area contributed by atoms with E-state index in [1.165, 1.54) is 27.8 Å². The highest BCUT2D eigenvalue weighted by Gasteiger charge is 2.26. The molecule has 1 aromatic heterocycles. The molecular weight excluding hydrogens is 426 g/mol. The average Bonchev–Trinajstić information content (AvgIpc) is 3.20. The predicted molar refractivity (Wildman–Crippen MR) is 115 cm³/mol. The summed E-state index contributed by atoms with van der Waals surface area (Å²) in [7, 11) is -2.05. The molecule has 1 N–H and O–H groups in total. The quantitative estimate of drug-likeness (QED) is 0.556. The molecule has 0 unspecified atom stereocenters. The molecular formula is C20H21N3O5S2. The first-order chi connectivity index (χ1) is 14.5. The Kier molecular flexibility index (Phi) is 6.00. The Balaban J connectivity index is 1.47. The largest absolute Gasteiger partial charge is 0.497 e. The van der Waals surface area contributed by atoms with Crippen LogP contribution in [0.1, 0.15) is 10.4 Å². The third-order valence-corrected chi connectivity index (χ3v) is 7.63. The lowest BCUT2D eigenvalue weighted by Crippen LogP contribution is -2.40. The molecule has 0 radical (unpaired) electrons. The Hall–Kier alpha value is -2.53. The van der Waals surface area contributed by atoms with Gasteiger partial charge in [-0.3, -0.25) is 4.79 Å². The van der Waals surface area contributed by atoms with Gasteiger partial charge < -0.3 is 14.8 Å². The highest BCUT2D eigenvalue weighted by Crippen LogP contribution is 2.29. The molecule has 2 heterocycles. The summed E-state index contributed by atoms with van der Waals surface area (Å²) in [6.07, 6.45) is 0. The fourth-order valence-corrected chi connectivity index (χ4v) is 5.48. The molecule has 1 aliphatic rings. The second-order valence-corrected chi connectivity index (χ2v) is 9.64. The standard InChI is InChI=1S/C20H21N3O5S2/c1-27-15-5-6-17-19(12-15)29-20(22-17)21-13-18(24)14-3-2-4-16(11-14)30(25,26)23-7-9-28-10-8-23/h2-6,11-12H,7-10,13H2,1H3,(H,21,22). The monoisotopic (exact) mass is 447 g/mol. The van der Waals surface area contributed by atoms with Crippen LogP contribution in [0, 0.1) is 0 Å². The van der Waals surface area contributed by atoms with Crippen LogP contribution < -0.4 is 10.1 Å². The molecule has 4 rings (SSSR count).